The molecule has 5 nitrogen and oxygen atoms in total. The van der Waals surface area contributed by atoms with E-state index in [4.69, 9.17) is 0 Å². The van der Waals surface area contributed by atoms with Gasteiger partial charge in [-0.3, -0.25) is 0 Å². The number of aromatic nitrogens is 1. The van der Waals surface area contributed by atoms with E-state index in [0.29, 0.717) is 5.82 Å². The fourth-order valence-corrected chi connectivity index (χ4v) is 2.08. The molecule has 0 unspecified atom stereocenters. The summed E-state index contributed by atoms with van der Waals surface area (Å²) in [6.07, 6.45) is 1.55. The molecule has 1 heterocycles. The third kappa shape index (κ3) is 3.78. The van der Waals surface area contributed by atoms with Gasteiger partial charge in [-0.15, -0.1) is 0 Å². The number of azo groups is 1. The van der Waals surface area contributed by atoms with Crippen LogP contribution in [0.1, 0.15) is 19.4 Å². The number of anilines is 1. The Morgan fingerprint density at radius 1 is 1.05 bits per heavy atom. The summed E-state index contributed by atoms with van der Waals surface area (Å²) in [7, 11) is 0. The van der Waals surface area contributed by atoms with Crippen LogP contribution in [0.5, 0.6) is 0 Å². The molecule has 110 valence electrons. The molecule has 21 heavy (non-hydrogen) atoms. The lowest BCUT2D eigenvalue weighted by Crippen LogP contribution is -2.29. The van der Waals surface area contributed by atoms with Crippen LogP contribution in [0.15, 0.2) is 52.8 Å². The molecular weight excluding hydrogens is 264 g/mol. The van der Waals surface area contributed by atoms with Gasteiger partial charge in [0.2, 0.25) is 0 Å². The van der Waals surface area contributed by atoms with Gasteiger partial charge < -0.3 is 10.1 Å². The first-order chi connectivity index (χ1) is 10.1. The molecule has 0 radical (unpaired) electrons. The lowest BCUT2D eigenvalue weighted by atomic mass is 10.2. The molecule has 0 bridgehead atoms. The van der Waals surface area contributed by atoms with Gasteiger partial charge in [0.05, 0.1) is 5.11 Å². The second kappa shape index (κ2) is 6.83. The third-order valence-corrected chi connectivity index (χ3v) is 3.32. The molecule has 0 atom stereocenters. The van der Waals surface area contributed by atoms with Crippen LogP contribution in [0.3, 0.4) is 0 Å². The number of pyridine rings is 1. The van der Waals surface area contributed by atoms with Gasteiger partial charge in [0.25, 0.3) is 0 Å². The second-order valence-electron chi connectivity index (χ2n) is 4.80. The molecule has 1 aromatic carbocycles. The van der Waals surface area contributed by atoms with Crippen molar-refractivity contribution in [3.63, 3.8) is 0 Å². The standard InChI is InChI=1S/C16H21N4O/c1-4-19(5-2)15-8-6-14(7-9-15)17-18-16-12-13(3)10-11-20(16)21/h6-12,21H,4-5H2,1-3H3/q+1. The van der Waals surface area contributed by atoms with E-state index in [1.54, 1.807) is 18.3 Å². The van der Waals surface area contributed by atoms with Crippen LogP contribution in [-0.4, -0.2) is 18.3 Å². The Balaban J connectivity index is 2.16. The Morgan fingerprint density at radius 3 is 2.33 bits per heavy atom. The van der Waals surface area contributed by atoms with Gasteiger partial charge in [0, 0.05) is 24.8 Å². The predicted molar refractivity (Wildman–Crippen MR) is 82.7 cm³/mol. The highest BCUT2D eigenvalue weighted by Crippen LogP contribution is 2.21. The van der Waals surface area contributed by atoms with Crippen molar-refractivity contribution in [2.45, 2.75) is 20.8 Å². The minimum absolute atomic E-state index is 0.405. The van der Waals surface area contributed by atoms with E-state index in [2.05, 4.69) is 29.0 Å². The lowest BCUT2D eigenvalue weighted by Gasteiger charge is -2.20. The van der Waals surface area contributed by atoms with Crippen LogP contribution in [-0.2, 0) is 0 Å². The van der Waals surface area contributed by atoms with Crippen LogP contribution < -0.4 is 9.63 Å². The summed E-state index contributed by atoms with van der Waals surface area (Å²) in [5.41, 5.74) is 2.95. The molecule has 0 spiro atoms. The van der Waals surface area contributed by atoms with E-state index >= 15 is 0 Å². The maximum absolute atomic E-state index is 9.65. The number of aryl methyl sites for hydroxylation is 1. The van der Waals surface area contributed by atoms with Crippen LogP contribution >= 0.6 is 0 Å². The Hall–Kier alpha value is -2.43. The Bertz CT molecular complexity index is 619. The van der Waals surface area contributed by atoms with E-state index in [9.17, 15) is 5.21 Å². The van der Waals surface area contributed by atoms with Crippen molar-refractivity contribution in [1.29, 1.82) is 0 Å². The first-order valence-electron chi connectivity index (χ1n) is 7.12. The average Bonchev–Trinajstić information content (AvgIpc) is 2.51. The highest BCUT2D eigenvalue weighted by atomic mass is 16.5. The molecule has 1 aromatic heterocycles. The van der Waals surface area contributed by atoms with Crippen LogP contribution in [0.2, 0.25) is 0 Å². The maximum Gasteiger partial charge on any atom is 0.388 e. The second-order valence-corrected chi connectivity index (χ2v) is 4.80. The van der Waals surface area contributed by atoms with Crippen molar-refractivity contribution in [2.75, 3.05) is 18.0 Å². The van der Waals surface area contributed by atoms with Gasteiger partial charge in [-0.2, -0.15) is 0 Å². The fraction of sp³-hybridized carbons (Fsp3) is 0.312. The van der Waals surface area contributed by atoms with Gasteiger partial charge in [-0.05, 0) is 66.5 Å². The normalized spacial score (nSPS) is 11.0. The lowest BCUT2D eigenvalue weighted by molar-refractivity contribution is -0.894. The van der Waals surface area contributed by atoms with Crippen molar-refractivity contribution < 1.29 is 9.94 Å². The van der Waals surface area contributed by atoms with E-state index in [1.807, 2.05) is 31.2 Å². The molecule has 0 aliphatic carbocycles. The van der Waals surface area contributed by atoms with Crippen LogP contribution in [0.4, 0.5) is 17.2 Å². The number of nitrogens with zero attached hydrogens (tertiary/aromatic N) is 4. The SMILES string of the molecule is CCN(CC)c1ccc(N=Nc2cc(C)cc[n+]2O)cc1. The topological polar surface area (TPSA) is 52.1 Å². The Kier molecular flexibility index (Phi) is 4.87. The molecular formula is C16H21N4O+. The predicted octanol–water partition coefficient (Wildman–Crippen LogP) is 3.78. The largest absolute Gasteiger partial charge is 0.388 e. The molecule has 1 N–H and O–H groups in total. The summed E-state index contributed by atoms with van der Waals surface area (Å²) >= 11 is 0. The molecule has 0 aliphatic heterocycles. The van der Waals surface area contributed by atoms with E-state index in [0.717, 1.165) is 29.1 Å². The summed E-state index contributed by atoms with van der Waals surface area (Å²) in [6.45, 7) is 8.16. The first kappa shape index (κ1) is 15.0. The molecule has 2 aromatic rings. The van der Waals surface area contributed by atoms with Gasteiger partial charge in [-0.1, -0.05) is 0 Å². The molecule has 0 aliphatic rings. The summed E-state index contributed by atoms with van der Waals surface area (Å²) in [5.74, 6) is 0.405. The summed E-state index contributed by atoms with van der Waals surface area (Å²) in [6, 6.07) is 11.5. The summed E-state index contributed by atoms with van der Waals surface area (Å²) < 4.78 is 0.959. The molecule has 0 saturated carbocycles. The maximum atomic E-state index is 9.65. The monoisotopic (exact) mass is 285 g/mol. The smallest absolute Gasteiger partial charge is 0.372 e. The third-order valence-electron chi connectivity index (χ3n) is 3.32. The highest BCUT2D eigenvalue weighted by molar-refractivity contribution is 5.52. The van der Waals surface area contributed by atoms with Crippen molar-refractivity contribution in [3.05, 3.63) is 48.2 Å². The minimum atomic E-state index is 0.405. The fourth-order valence-electron chi connectivity index (χ4n) is 2.08. The van der Waals surface area contributed by atoms with E-state index < -0.39 is 0 Å². The van der Waals surface area contributed by atoms with Gasteiger partial charge in [0.1, 0.15) is 11.9 Å². The zero-order valence-electron chi connectivity index (χ0n) is 12.7. The van der Waals surface area contributed by atoms with Crippen molar-refractivity contribution in [3.8, 4) is 0 Å². The van der Waals surface area contributed by atoms with Gasteiger partial charge in [-0.25, -0.2) is 0 Å². The van der Waals surface area contributed by atoms with Crippen LogP contribution in [0, 0.1) is 6.92 Å². The zero-order valence-corrected chi connectivity index (χ0v) is 12.7. The summed E-state index contributed by atoms with van der Waals surface area (Å²) in [5, 5.41) is 17.9. The summed E-state index contributed by atoms with van der Waals surface area (Å²) in [4.78, 5) is 2.27. The molecule has 0 amide bonds. The van der Waals surface area contributed by atoms with E-state index in [-0.39, 0.29) is 0 Å². The van der Waals surface area contributed by atoms with Gasteiger partial charge >= 0.3 is 5.82 Å². The highest BCUT2D eigenvalue weighted by Gasteiger charge is 2.09. The van der Waals surface area contributed by atoms with Crippen molar-refractivity contribution >= 4 is 17.2 Å². The quantitative estimate of drug-likeness (QED) is 0.516. The molecule has 0 saturated heterocycles. The Morgan fingerprint density at radius 2 is 1.71 bits per heavy atom. The molecule has 0 fully saturated rings. The number of hydrogen-bond acceptors (Lipinski definition) is 4. The average molecular weight is 285 g/mol. The number of rotatable bonds is 5. The number of hydrogen-bond donors (Lipinski definition) is 1. The van der Waals surface area contributed by atoms with E-state index in [1.165, 1.54) is 5.69 Å². The van der Waals surface area contributed by atoms with Crippen LogP contribution in [0.25, 0.3) is 0 Å². The Labute approximate surface area is 125 Å². The number of benzene rings is 1. The zero-order chi connectivity index (χ0) is 15.2. The molecule has 2 rings (SSSR count). The minimum Gasteiger partial charge on any atom is -0.372 e. The first-order valence-corrected chi connectivity index (χ1v) is 7.12. The van der Waals surface area contributed by atoms with Crippen molar-refractivity contribution in [1.82, 2.24) is 0 Å². The molecule has 5 heteroatoms. The van der Waals surface area contributed by atoms with Crippen molar-refractivity contribution in [2.24, 2.45) is 10.2 Å². The van der Waals surface area contributed by atoms with Gasteiger partial charge in [0.15, 0.2) is 0 Å².